The molecule has 0 radical (unpaired) electrons. The zero-order valence-corrected chi connectivity index (χ0v) is 31.2. The Labute approximate surface area is 292 Å². The first-order valence-electron chi connectivity index (χ1n) is 20.3. The molecule has 276 valence electrons. The van der Waals surface area contributed by atoms with Crippen LogP contribution < -0.4 is 5.32 Å². The van der Waals surface area contributed by atoms with Crippen LogP contribution in [0, 0.1) is 0 Å². The molecular weight excluding hydrogens is 582 g/mol. The fraction of sp³-hybridized carbons (Fsp3) is 0.833. The van der Waals surface area contributed by atoms with Crippen molar-refractivity contribution in [1.29, 1.82) is 0 Å². The minimum Gasteiger partial charge on any atom is -0.394 e. The van der Waals surface area contributed by atoms with Crippen LogP contribution in [0.15, 0.2) is 36.5 Å². The standard InChI is InChI=1S/C42H79NO4/c1-3-5-7-9-11-13-15-17-18-19-20-21-22-24-26-28-30-32-34-36-41(46)40(38-44)43-42(47)37-39(45)35-33-31-29-27-25-23-16-14-12-10-8-6-4-2/h20-21,26,28,34,36,39-41,44-46H,3-19,22-25,27,29-33,35,37-38H2,1-2H3,(H,43,47)/b21-20+,28-26+,36-34+. The normalized spacial score (nSPS) is 14.1. The van der Waals surface area contributed by atoms with Crippen molar-refractivity contribution in [3.8, 4) is 0 Å². The third kappa shape index (κ3) is 34.2. The first-order valence-corrected chi connectivity index (χ1v) is 20.3. The van der Waals surface area contributed by atoms with Gasteiger partial charge in [-0.15, -0.1) is 0 Å². The molecule has 0 aliphatic rings. The van der Waals surface area contributed by atoms with E-state index < -0.39 is 18.2 Å². The average molecular weight is 662 g/mol. The summed E-state index contributed by atoms with van der Waals surface area (Å²) in [6, 6.07) is -0.764. The fourth-order valence-corrected chi connectivity index (χ4v) is 6.02. The van der Waals surface area contributed by atoms with Crippen LogP contribution in [-0.2, 0) is 4.79 Å². The molecule has 0 aliphatic carbocycles. The van der Waals surface area contributed by atoms with E-state index in [1.165, 1.54) is 135 Å². The largest absolute Gasteiger partial charge is 0.394 e. The summed E-state index contributed by atoms with van der Waals surface area (Å²) in [5.41, 5.74) is 0. The van der Waals surface area contributed by atoms with Crippen LogP contribution in [0.3, 0.4) is 0 Å². The van der Waals surface area contributed by atoms with Gasteiger partial charge < -0.3 is 20.6 Å². The Hall–Kier alpha value is -1.43. The number of allylic oxidation sites excluding steroid dienone is 5. The number of aliphatic hydroxyl groups excluding tert-OH is 3. The molecule has 0 fully saturated rings. The van der Waals surface area contributed by atoms with Crippen molar-refractivity contribution in [3.05, 3.63) is 36.5 Å². The Kier molecular flexibility index (Phi) is 36.3. The molecule has 0 heterocycles. The van der Waals surface area contributed by atoms with E-state index in [1.807, 2.05) is 6.08 Å². The predicted octanol–water partition coefficient (Wildman–Crippen LogP) is 11.2. The van der Waals surface area contributed by atoms with Gasteiger partial charge in [-0.2, -0.15) is 0 Å². The van der Waals surface area contributed by atoms with Crippen molar-refractivity contribution in [3.63, 3.8) is 0 Å². The second-order valence-electron chi connectivity index (χ2n) is 13.9. The Bertz CT molecular complexity index is 734. The van der Waals surface area contributed by atoms with Gasteiger partial charge in [-0.25, -0.2) is 0 Å². The fourth-order valence-electron chi connectivity index (χ4n) is 6.02. The quantitative estimate of drug-likeness (QED) is 0.0397. The molecule has 0 rings (SSSR count). The van der Waals surface area contributed by atoms with Crippen molar-refractivity contribution in [1.82, 2.24) is 5.32 Å². The molecule has 0 aromatic carbocycles. The van der Waals surface area contributed by atoms with Gasteiger partial charge in [0.15, 0.2) is 0 Å². The first-order chi connectivity index (χ1) is 23.0. The maximum atomic E-state index is 12.4. The smallest absolute Gasteiger partial charge is 0.222 e. The lowest BCUT2D eigenvalue weighted by atomic mass is 10.0. The lowest BCUT2D eigenvalue weighted by Gasteiger charge is -2.21. The minimum absolute atomic E-state index is 0.00439. The van der Waals surface area contributed by atoms with E-state index in [4.69, 9.17) is 0 Å². The molecule has 47 heavy (non-hydrogen) atoms. The summed E-state index contributed by atoms with van der Waals surface area (Å²) in [4.78, 5) is 12.4. The van der Waals surface area contributed by atoms with Gasteiger partial charge in [0.2, 0.25) is 5.91 Å². The number of hydrogen-bond donors (Lipinski definition) is 4. The Morgan fingerprint density at radius 2 is 0.915 bits per heavy atom. The summed E-state index contributed by atoms with van der Waals surface area (Å²) in [5.74, 6) is -0.330. The summed E-state index contributed by atoms with van der Waals surface area (Å²) >= 11 is 0. The molecule has 3 atom stereocenters. The van der Waals surface area contributed by atoms with E-state index in [9.17, 15) is 20.1 Å². The number of unbranched alkanes of at least 4 members (excludes halogenated alkanes) is 23. The van der Waals surface area contributed by atoms with Crippen LogP contribution in [0.1, 0.15) is 200 Å². The van der Waals surface area contributed by atoms with Crippen LogP contribution in [0.2, 0.25) is 0 Å². The minimum atomic E-state index is -0.956. The molecule has 3 unspecified atom stereocenters. The molecule has 0 bridgehead atoms. The summed E-state index contributed by atoms with van der Waals surface area (Å²) in [5, 5.41) is 33.1. The van der Waals surface area contributed by atoms with Gasteiger partial charge in [0.25, 0.3) is 0 Å². The molecule has 1 amide bonds. The predicted molar refractivity (Wildman–Crippen MR) is 204 cm³/mol. The highest BCUT2D eigenvalue weighted by Crippen LogP contribution is 2.15. The van der Waals surface area contributed by atoms with E-state index in [-0.39, 0.29) is 18.9 Å². The number of carbonyl (C=O) groups is 1. The van der Waals surface area contributed by atoms with Gasteiger partial charge >= 0.3 is 0 Å². The van der Waals surface area contributed by atoms with Crippen LogP contribution in [0.5, 0.6) is 0 Å². The average Bonchev–Trinajstić information content (AvgIpc) is 3.06. The highest BCUT2D eigenvalue weighted by molar-refractivity contribution is 5.76. The molecule has 5 heteroatoms. The molecule has 0 spiro atoms. The van der Waals surface area contributed by atoms with E-state index >= 15 is 0 Å². The van der Waals surface area contributed by atoms with Gasteiger partial charge in [-0.1, -0.05) is 185 Å². The lowest BCUT2D eigenvalue weighted by molar-refractivity contribution is -0.124. The Balaban J connectivity index is 3.78. The van der Waals surface area contributed by atoms with Crippen molar-refractivity contribution >= 4 is 5.91 Å². The Morgan fingerprint density at radius 1 is 0.532 bits per heavy atom. The summed E-state index contributed by atoms with van der Waals surface area (Å²) < 4.78 is 0. The van der Waals surface area contributed by atoms with Crippen molar-refractivity contribution in [2.75, 3.05) is 6.61 Å². The van der Waals surface area contributed by atoms with Gasteiger partial charge in [0, 0.05) is 0 Å². The van der Waals surface area contributed by atoms with Crippen molar-refractivity contribution < 1.29 is 20.1 Å². The van der Waals surface area contributed by atoms with E-state index in [0.717, 1.165) is 38.5 Å². The van der Waals surface area contributed by atoms with Crippen LogP contribution in [0.25, 0.3) is 0 Å². The third-order valence-corrected chi connectivity index (χ3v) is 9.16. The number of carbonyl (C=O) groups excluding carboxylic acids is 1. The molecule has 0 aromatic rings. The highest BCUT2D eigenvalue weighted by Gasteiger charge is 2.20. The van der Waals surface area contributed by atoms with Gasteiger partial charge in [-0.05, 0) is 44.9 Å². The molecule has 0 aromatic heterocycles. The monoisotopic (exact) mass is 662 g/mol. The van der Waals surface area contributed by atoms with E-state index in [1.54, 1.807) is 6.08 Å². The zero-order chi connectivity index (χ0) is 34.5. The van der Waals surface area contributed by atoms with Crippen LogP contribution >= 0.6 is 0 Å². The van der Waals surface area contributed by atoms with Crippen LogP contribution in [0.4, 0.5) is 0 Å². The third-order valence-electron chi connectivity index (χ3n) is 9.16. The maximum absolute atomic E-state index is 12.4. The number of aliphatic hydroxyl groups is 3. The SMILES string of the molecule is CCCCCCCCCCC/C=C/CC/C=C/CC/C=C/C(O)C(CO)NC(=O)CC(O)CCCCCCCCCCCCCCC. The van der Waals surface area contributed by atoms with Gasteiger partial charge in [0.1, 0.15) is 0 Å². The zero-order valence-electron chi connectivity index (χ0n) is 31.2. The second kappa shape index (κ2) is 37.4. The van der Waals surface area contributed by atoms with Crippen molar-refractivity contribution in [2.45, 2.75) is 218 Å². The highest BCUT2D eigenvalue weighted by atomic mass is 16.3. The summed E-state index contributed by atoms with van der Waals surface area (Å²) in [6.45, 7) is 4.18. The molecule has 0 saturated carbocycles. The number of nitrogens with one attached hydrogen (secondary N) is 1. The van der Waals surface area contributed by atoms with Crippen LogP contribution in [-0.4, -0.2) is 46.1 Å². The lowest BCUT2D eigenvalue weighted by Crippen LogP contribution is -2.45. The summed E-state index contributed by atoms with van der Waals surface area (Å²) in [7, 11) is 0. The molecule has 5 nitrogen and oxygen atoms in total. The first kappa shape index (κ1) is 45.6. The van der Waals surface area contributed by atoms with Gasteiger partial charge in [-0.3, -0.25) is 4.79 Å². The molecule has 0 saturated heterocycles. The molecule has 0 aliphatic heterocycles. The van der Waals surface area contributed by atoms with Gasteiger partial charge in [0.05, 0.1) is 31.3 Å². The maximum Gasteiger partial charge on any atom is 0.222 e. The number of amides is 1. The second-order valence-corrected chi connectivity index (χ2v) is 13.9. The van der Waals surface area contributed by atoms with E-state index in [0.29, 0.717) is 6.42 Å². The molecular formula is C42H79NO4. The summed E-state index contributed by atoms with van der Waals surface area (Å²) in [6.07, 6.45) is 45.6. The molecule has 4 N–H and O–H groups in total. The van der Waals surface area contributed by atoms with E-state index in [2.05, 4.69) is 43.5 Å². The topological polar surface area (TPSA) is 89.8 Å². The van der Waals surface area contributed by atoms with Crippen molar-refractivity contribution in [2.24, 2.45) is 0 Å². The number of rotatable bonds is 36. The number of hydrogen-bond acceptors (Lipinski definition) is 4. The Morgan fingerprint density at radius 3 is 1.36 bits per heavy atom.